The summed E-state index contributed by atoms with van der Waals surface area (Å²) in [7, 11) is 0. The maximum Gasteiger partial charge on any atom is 0.348 e. The summed E-state index contributed by atoms with van der Waals surface area (Å²) >= 11 is 0. The molecule has 0 spiro atoms. The molecule has 0 saturated carbocycles. The maximum absolute atomic E-state index is 11.1. The summed E-state index contributed by atoms with van der Waals surface area (Å²) < 4.78 is 1.31. The molecule has 0 bridgehead atoms. The van der Waals surface area contributed by atoms with Gasteiger partial charge in [-0.15, -0.1) is 0 Å². The molecule has 0 fully saturated rings. The lowest BCUT2D eigenvalue weighted by atomic mass is 10.2. The fraction of sp³-hybridized carbons (Fsp3) is 0.375. The van der Waals surface area contributed by atoms with E-state index in [2.05, 4.69) is 4.98 Å². The van der Waals surface area contributed by atoms with Crippen molar-refractivity contribution < 1.29 is 4.79 Å². The molecule has 1 aromatic rings. The number of ketones is 1. The Morgan fingerprint density at radius 2 is 2.33 bits per heavy atom. The third kappa shape index (κ3) is 1.58. The zero-order valence-corrected chi connectivity index (χ0v) is 7.02. The predicted molar refractivity (Wildman–Crippen MR) is 43.9 cm³/mol. The maximum atomic E-state index is 11.1. The van der Waals surface area contributed by atoms with Crippen molar-refractivity contribution >= 4 is 5.78 Å². The summed E-state index contributed by atoms with van der Waals surface area (Å²) in [5.74, 6) is -0.0508. The normalized spacial score (nSPS) is 12.5. The Labute approximate surface area is 69.9 Å². The summed E-state index contributed by atoms with van der Waals surface area (Å²) in [6, 6.07) is 1.20. The first-order valence-corrected chi connectivity index (χ1v) is 3.66. The smallest absolute Gasteiger partial charge is 0.298 e. The first-order valence-electron chi connectivity index (χ1n) is 3.66. The lowest BCUT2D eigenvalue weighted by Gasteiger charge is -2.09. The van der Waals surface area contributed by atoms with E-state index in [-0.39, 0.29) is 11.5 Å². The van der Waals surface area contributed by atoms with Gasteiger partial charge in [-0.3, -0.25) is 9.36 Å². The largest absolute Gasteiger partial charge is 0.348 e. The van der Waals surface area contributed by atoms with E-state index in [0.29, 0.717) is 0 Å². The number of hydrogen-bond donors (Lipinski definition) is 0. The van der Waals surface area contributed by atoms with E-state index in [1.807, 2.05) is 0 Å². The van der Waals surface area contributed by atoms with E-state index < -0.39 is 6.04 Å². The van der Waals surface area contributed by atoms with Crippen LogP contribution in [0.25, 0.3) is 0 Å². The van der Waals surface area contributed by atoms with Crippen LogP contribution in [0.1, 0.15) is 19.9 Å². The summed E-state index contributed by atoms with van der Waals surface area (Å²) in [4.78, 5) is 25.5. The van der Waals surface area contributed by atoms with Gasteiger partial charge in [0.2, 0.25) is 0 Å². The van der Waals surface area contributed by atoms with Crippen LogP contribution in [0, 0.1) is 0 Å². The number of rotatable bonds is 2. The SMILES string of the molecule is CC(=O)C(C)n1cccnc1=O. The molecule has 4 nitrogen and oxygen atoms in total. The van der Waals surface area contributed by atoms with E-state index in [9.17, 15) is 9.59 Å². The summed E-state index contributed by atoms with van der Waals surface area (Å²) in [6.07, 6.45) is 2.97. The van der Waals surface area contributed by atoms with E-state index in [4.69, 9.17) is 0 Å². The zero-order valence-electron chi connectivity index (χ0n) is 7.02. The Kier molecular flexibility index (Phi) is 2.38. The molecule has 4 heteroatoms. The molecule has 0 aliphatic rings. The van der Waals surface area contributed by atoms with Crippen molar-refractivity contribution in [1.82, 2.24) is 9.55 Å². The van der Waals surface area contributed by atoms with Gasteiger partial charge < -0.3 is 0 Å². The molecular formula is C8H10N2O2. The van der Waals surface area contributed by atoms with E-state index in [0.717, 1.165) is 0 Å². The lowest BCUT2D eigenvalue weighted by Crippen LogP contribution is -2.27. The van der Waals surface area contributed by atoms with Gasteiger partial charge in [0, 0.05) is 12.4 Å². The number of nitrogens with zero attached hydrogens (tertiary/aromatic N) is 2. The van der Waals surface area contributed by atoms with Crippen molar-refractivity contribution in [1.29, 1.82) is 0 Å². The van der Waals surface area contributed by atoms with Gasteiger partial charge in [-0.1, -0.05) is 0 Å². The van der Waals surface area contributed by atoms with Gasteiger partial charge in [-0.25, -0.2) is 9.78 Å². The van der Waals surface area contributed by atoms with Crippen LogP contribution in [-0.4, -0.2) is 15.3 Å². The molecule has 0 aliphatic heterocycles. The molecule has 64 valence electrons. The van der Waals surface area contributed by atoms with Crippen molar-refractivity contribution in [3.05, 3.63) is 28.9 Å². The van der Waals surface area contributed by atoms with Gasteiger partial charge in [0.15, 0.2) is 5.78 Å². The van der Waals surface area contributed by atoms with Crippen LogP contribution in [-0.2, 0) is 4.79 Å². The number of hydrogen-bond acceptors (Lipinski definition) is 3. The number of carbonyl (C=O) groups excluding carboxylic acids is 1. The Bertz CT molecular complexity index is 343. The molecule has 1 rings (SSSR count). The second kappa shape index (κ2) is 3.30. The highest BCUT2D eigenvalue weighted by molar-refractivity contribution is 5.79. The van der Waals surface area contributed by atoms with Crippen molar-refractivity contribution in [2.24, 2.45) is 0 Å². The van der Waals surface area contributed by atoms with Crippen LogP contribution >= 0.6 is 0 Å². The molecule has 0 saturated heterocycles. The van der Waals surface area contributed by atoms with E-state index >= 15 is 0 Å². The topological polar surface area (TPSA) is 52.0 Å². The molecule has 1 atom stereocenters. The highest BCUT2D eigenvalue weighted by Gasteiger charge is 2.10. The Morgan fingerprint density at radius 1 is 1.67 bits per heavy atom. The standard InChI is InChI=1S/C8H10N2O2/c1-6(7(2)11)10-5-3-4-9-8(10)12/h3-6H,1-2H3. The Hall–Kier alpha value is -1.45. The van der Waals surface area contributed by atoms with Gasteiger partial charge >= 0.3 is 5.69 Å². The van der Waals surface area contributed by atoms with Crippen LogP contribution in [0.3, 0.4) is 0 Å². The fourth-order valence-corrected chi connectivity index (χ4v) is 0.859. The second-order valence-corrected chi connectivity index (χ2v) is 2.60. The molecule has 0 N–H and O–H groups in total. The van der Waals surface area contributed by atoms with Crippen LogP contribution in [0.2, 0.25) is 0 Å². The van der Waals surface area contributed by atoms with Gasteiger partial charge in [0.05, 0.1) is 6.04 Å². The minimum Gasteiger partial charge on any atom is -0.298 e. The van der Waals surface area contributed by atoms with Crippen molar-refractivity contribution in [3.63, 3.8) is 0 Å². The molecule has 0 radical (unpaired) electrons. The molecule has 12 heavy (non-hydrogen) atoms. The summed E-state index contributed by atoms with van der Waals surface area (Å²) in [5.41, 5.74) is -0.389. The molecule has 1 heterocycles. The Morgan fingerprint density at radius 3 is 2.83 bits per heavy atom. The van der Waals surface area contributed by atoms with Gasteiger partial charge in [-0.2, -0.15) is 0 Å². The van der Waals surface area contributed by atoms with Crippen LogP contribution in [0.5, 0.6) is 0 Å². The zero-order chi connectivity index (χ0) is 9.14. The minimum absolute atomic E-state index is 0.0508. The number of aromatic nitrogens is 2. The minimum atomic E-state index is -0.425. The summed E-state index contributed by atoms with van der Waals surface area (Å²) in [5, 5.41) is 0. The van der Waals surface area contributed by atoms with Gasteiger partial charge in [0.1, 0.15) is 0 Å². The van der Waals surface area contributed by atoms with Crippen LogP contribution in [0.4, 0.5) is 0 Å². The van der Waals surface area contributed by atoms with Crippen molar-refractivity contribution in [3.8, 4) is 0 Å². The van der Waals surface area contributed by atoms with Crippen molar-refractivity contribution in [2.45, 2.75) is 19.9 Å². The average molecular weight is 166 g/mol. The predicted octanol–water partition coefficient (Wildman–Crippen LogP) is 0.393. The van der Waals surface area contributed by atoms with Gasteiger partial charge in [0.25, 0.3) is 0 Å². The highest BCUT2D eigenvalue weighted by Crippen LogP contribution is 2.00. The molecule has 1 aromatic heterocycles. The number of Topliss-reactive ketones (excluding diaryl/α,β-unsaturated/α-hetero) is 1. The van der Waals surface area contributed by atoms with Crippen molar-refractivity contribution in [2.75, 3.05) is 0 Å². The molecule has 0 amide bonds. The third-order valence-electron chi connectivity index (χ3n) is 1.74. The molecule has 0 aromatic carbocycles. The number of carbonyl (C=O) groups is 1. The second-order valence-electron chi connectivity index (χ2n) is 2.60. The first-order chi connectivity index (χ1) is 5.63. The highest BCUT2D eigenvalue weighted by atomic mass is 16.2. The average Bonchev–Trinajstić information content (AvgIpc) is 2.04. The summed E-state index contributed by atoms with van der Waals surface area (Å²) in [6.45, 7) is 3.12. The van der Waals surface area contributed by atoms with Gasteiger partial charge in [-0.05, 0) is 19.9 Å². The molecule has 1 unspecified atom stereocenters. The first kappa shape index (κ1) is 8.64. The molecular weight excluding hydrogens is 156 g/mol. The van der Waals surface area contributed by atoms with Crippen LogP contribution < -0.4 is 5.69 Å². The third-order valence-corrected chi connectivity index (χ3v) is 1.74. The fourth-order valence-electron chi connectivity index (χ4n) is 0.859. The van der Waals surface area contributed by atoms with E-state index in [1.165, 1.54) is 17.7 Å². The van der Waals surface area contributed by atoms with E-state index in [1.54, 1.807) is 19.2 Å². The quantitative estimate of drug-likeness (QED) is 0.638. The monoisotopic (exact) mass is 166 g/mol. The Balaban J connectivity index is 3.11. The van der Waals surface area contributed by atoms with Crippen LogP contribution in [0.15, 0.2) is 23.3 Å². The molecule has 0 aliphatic carbocycles. The lowest BCUT2D eigenvalue weighted by molar-refractivity contribution is -0.119.